The van der Waals surface area contributed by atoms with Crippen molar-refractivity contribution < 1.29 is 4.79 Å². The van der Waals surface area contributed by atoms with E-state index >= 15 is 0 Å². The zero-order valence-electron chi connectivity index (χ0n) is 14.7. The monoisotopic (exact) mass is 389 g/mol. The maximum Gasteiger partial charge on any atom is 0.242 e. The van der Waals surface area contributed by atoms with Crippen molar-refractivity contribution in [3.8, 4) is 0 Å². The Morgan fingerprint density at radius 1 is 1.12 bits per heavy atom. The molecule has 1 atom stereocenters. The Morgan fingerprint density at radius 3 is 2.46 bits per heavy atom. The second-order valence-corrected chi connectivity index (χ2v) is 8.91. The maximum atomic E-state index is 12.9. The van der Waals surface area contributed by atoms with Crippen LogP contribution in [0.3, 0.4) is 0 Å². The lowest BCUT2D eigenvalue weighted by Gasteiger charge is -2.38. The summed E-state index contributed by atoms with van der Waals surface area (Å²) in [6.45, 7) is 4.67. The lowest BCUT2D eigenvalue weighted by molar-refractivity contribution is -0.127. The first-order chi connectivity index (χ1) is 12.7. The average Bonchev–Trinajstić information content (AvgIpc) is 3.37. The van der Waals surface area contributed by atoms with Gasteiger partial charge in [-0.1, -0.05) is 41.9 Å². The Hall–Kier alpha value is -1.40. The van der Waals surface area contributed by atoms with E-state index in [-0.39, 0.29) is 11.9 Å². The van der Waals surface area contributed by atoms with Gasteiger partial charge in [-0.2, -0.15) is 0 Å². The number of carbonyl (C=O) groups excluding carboxylic acids is 1. The minimum absolute atomic E-state index is 0.150. The van der Waals surface area contributed by atoms with Gasteiger partial charge in [-0.05, 0) is 30.5 Å². The topological polar surface area (TPSA) is 35.6 Å². The highest BCUT2D eigenvalue weighted by molar-refractivity contribution is 7.16. The minimum atomic E-state index is -0.185. The molecule has 26 heavy (non-hydrogen) atoms. The predicted octanol–water partition coefficient (Wildman–Crippen LogP) is 3.54. The molecule has 1 aliphatic heterocycles. The van der Waals surface area contributed by atoms with Gasteiger partial charge in [-0.3, -0.25) is 14.6 Å². The van der Waals surface area contributed by atoms with E-state index in [0.29, 0.717) is 6.04 Å². The number of benzene rings is 1. The second-order valence-electron chi connectivity index (χ2n) is 7.11. The third kappa shape index (κ3) is 4.46. The maximum absolute atomic E-state index is 12.9. The molecule has 1 aromatic carbocycles. The van der Waals surface area contributed by atoms with E-state index in [9.17, 15) is 4.79 Å². The SMILES string of the molecule is O=C(NC1CC1)[C@@H](c1ccccc1)N1CCN(Cc2ccc(Cl)s2)CC1. The molecule has 4 rings (SSSR count). The van der Waals surface area contributed by atoms with Gasteiger partial charge < -0.3 is 5.32 Å². The van der Waals surface area contributed by atoms with Crippen molar-refractivity contribution in [3.63, 3.8) is 0 Å². The van der Waals surface area contributed by atoms with E-state index in [1.54, 1.807) is 11.3 Å². The number of amides is 1. The normalized spacial score (nSPS) is 20.0. The van der Waals surface area contributed by atoms with Crippen molar-refractivity contribution in [2.45, 2.75) is 31.5 Å². The van der Waals surface area contributed by atoms with Gasteiger partial charge >= 0.3 is 0 Å². The van der Waals surface area contributed by atoms with E-state index in [4.69, 9.17) is 11.6 Å². The van der Waals surface area contributed by atoms with Crippen LogP contribution in [0.5, 0.6) is 0 Å². The largest absolute Gasteiger partial charge is 0.352 e. The van der Waals surface area contributed by atoms with Crippen molar-refractivity contribution in [1.82, 2.24) is 15.1 Å². The molecule has 4 nitrogen and oxygen atoms in total. The predicted molar refractivity (Wildman–Crippen MR) is 107 cm³/mol. The highest BCUT2D eigenvalue weighted by Crippen LogP contribution is 2.27. The van der Waals surface area contributed by atoms with E-state index in [1.165, 1.54) is 4.88 Å². The summed E-state index contributed by atoms with van der Waals surface area (Å²) in [5.74, 6) is 0.150. The number of halogens is 1. The van der Waals surface area contributed by atoms with Crippen LogP contribution in [-0.4, -0.2) is 47.9 Å². The molecular formula is C20H24ClN3OS. The lowest BCUT2D eigenvalue weighted by Crippen LogP contribution is -2.50. The number of hydrogen-bond donors (Lipinski definition) is 1. The van der Waals surface area contributed by atoms with Gasteiger partial charge in [0.1, 0.15) is 6.04 Å². The highest BCUT2D eigenvalue weighted by atomic mass is 35.5. The molecule has 2 fully saturated rings. The standard InChI is InChI=1S/C20H24ClN3OS/c21-18-9-8-17(26-18)14-23-10-12-24(13-11-23)19(15-4-2-1-3-5-15)20(25)22-16-6-7-16/h1-5,8-9,16,19H,6-7,10-14H2,(H,22,25)/t19-/m1/s1. The Kier molecular flexibility index (Phi) is 5.60. The molecule has 6 heteroatoms. The summed E-state index contributed by atoms with van der Waals surface area (Å²) in [7, 11) is 0. The molecule has 2 aromatic rings. The fourth-order valence-corrected chi connectivity index (χ4v) is 4.64. The Bertz CT molecular complexity index is 739. The first kappa shape index (κ1) is 18.0. The molecule has 1 saturated carbocycles. The van der Waals surface area contributed by atoms with Crippen LogP contribution < -0.4 is 5.32 Å². The molecule has 2 heterocycles. The van der Waals surface area contributed by atoms with Crippen molar-refractivity contribution in [3.05, 3.63) is 57.2 Å². The van der Waals surface area contributed by atoms with Gasteiger partial charge in [0, 0.05) is 43.6 Å². The third-order valence-electron chi connectivity index (χ3n) is 5.07. The van der Waals surface area contributed by atoms with Crippen LogP contribution in [0, 0.1) is 0 Å². The van der Waals surface area contributed by atoms with Gasteiger partial charge in [-0.25, -0.2) is 0 Å². The molecule has 0 radical (unpaired) electrons. The summed E-state index contributed by atoms with van der Waals surface area (Å²) in [4.78, 5) is 19.0. The smallest absolute Gasteiger partial charge is 0.242 e. The zero-order chi connectivity index (χ0) is 17.9. The molecule has 1 aliphatic carbocycles. The molecule has 1 aromatic heterocycles. The molecule has 1 amide bonds. The van der Waals surface area contributed by atoms with Crippen LogP contribution in [0.25, 0.3) is 0 Å². The summed E-state index contributed by atoms with van der Waals surface area (Å²) < 4.78 is 0.847. The van der Waals surface area contributed by atoms with Gasteiger partial charge in [0.05, 0.1) is 4.34 Å². The van der Waals surface area contributed by atoms with Crippen LogP contribution in [0.2, 0.25) is 4.34 Å². The first-order valence-electron chi connectivity index (χ1n) is 9.25. The number of nitrogens with zero attached hydrogens (tertiary/aromatic N) is 2. The summed E-state index contributed by atoms with van der Waals surface area (Å²) >= 11 is 7.69. The molecule has 2 aliphatic rings. The lowest BCUT2D eigenvalue weighted by atomic mass is 10.0. The van der Waals surface area contributed by atoms with Gasteiger partial charge in [0.15, 0.2) is 0 Å². The number of hydrogen-bond acceptors (Lipinski definition) is 4. The summed E-state index contributed by atoms with van der Waals surface area (Å²) in [5, 5.41) is 3.20. The number of thiophene rings is 1. The second kappa shape index (κ2) is 8.09. The van der Waals surface area contributed by atoms with E-state index in [2.05, 4.69) is 33.3 Å². The van der Waals surface area contributed by atoms with Crippen LogP contribution in [0.15, 0.2) is 42.5 Å². The van der Waals surface area contributed by atoms with Crippen molar-refractivity contribution in [1.29, 1.82) is 0 Å². The van der Waals surface area contributed by atoms with Crippen LogP contribution in [0.1, 0.15) is 29.3 Å². The Morgan fingerprint density at radius 2 is 1.85 bits per heavy atom. The van der Waals surface area contributed by atoms with E-state index < -0.39 is 0 Å². The molecule has 1 saturated heterocycles. The first-order valence-corrected chi connectivity index (χ1v) is 10.4. The molecule has 138 valence electrons. The quantitative estimate of drug-likeness (QED) is 0.820. The van der Waals surface area contributed by atoms with Crippen molar-refractivity contribution in [2.24, 2.45) is 0 Å². The van der Waals surface area contributed by atoms with Crippen LogP contribution in [0.4, 0.5) is 0 Å². The number of nitrogens with one attached hydrogen (secondary N) is 1. The molecule has 0 unspecified atom stereocenters. The van der Waals surface area contributed by atoms with Gasteiger partial charge in [0.2, 0.25) is 5.91 Å². The van der Waals surface area contributed by atoms with Crippen molar-refractivity contribution >= 4 is 28.8 Å². The van der Waals surface area contributed by atoms with Crippen LogP contribution >= 0.6 is 22.9 Å². The average molecular weight is 390 g/mol. The van der Waals surface area contributed by atoms with E-state index in [1.807, 2.05) is 24.3 Å². The Labute approximate surface area is 163 Å². The van der Waals surface area contributed by atoms with Gasteiger partial charge in [-0.15, -0.1) is 11.3 Å². The van der Waals surface area contributed by atoms with E-state index in [0.717, 1.165) is 55.5 Å². The molecule has 0 spiro atoms. The zero-order valence-corrected chi connectivity index (χ0v) is 16.3. The Balaban J connectivity index is 1.41. The van der Waals surface area contributed by atoms with Crippen molar-refractivity contribution in [2.75, 3.05) is 26.2 Å². The molecule has 0 bridgehead atoms. The highest BCUT2D eigenvalue weighted by Gasteiger charge is 2.33. The van der Waals surface area contributed by atoms with Crippen LogP contribution in [-0.2, 0) is 11.3 Å². The fourth-order valence-electron chi connectivity index (χ4n) is 3.51. The summed E-state index contributed by atoms with van der Waals surface area (Å²) in [5.41, 5.74) is 1.09. The molecule has 1 N–H and O–H groups in total. The fraction of sp³-hybridized carbons (Fsp3) is 0.450. The third-order valence-corrected chi connectivity index (χ3v) is 6.28. The molecular weight excluding hydrogens is 366 g/mol. The summed E-state index contributed by atoms with van der Waals surface area (Å²) in [6, 6.07) is 14.4. The number of carbonyl (C=O) groups is 1. The van der Waals surface area contributed by atoms with Gasteiger partial charge in [0.25, 0.3) is 0 Å². The summed E-state index contributed by atoms with van der Waals surface area (Å²) in [6.07, 6.45) is 2.23. The number of piperazine rings is 1. The number of rotatable bonds is 6. The minimum Gasteiger partial charge on any atom is -0.352 e.